The molecule has 1 amide bonds. The second-order valence-electron chi connectivity index (χ2n) is 8.35. The predicted octanol–water partition coefficient (Wildman–Crippen LogP) is 2.72. The van der Waals surface area contributed by atoms with E-state index in [2.05, 4.69) is 5.32 Å². The van der Waals surface area contributed by atoms with Crippen LogP contribution in [0.1, 0.15) is 45.6 Å². The maximum atomic E-state index is 12.8. The summed E-state index contributed by atoms with van der Waals surface area (Å²) in [5.41, 5.74) is 0.397. The monoisotopic (exact) mass is 404 g/mol. The van der Waals surface area contributed by atoms with E-state index in [0.717, 1.165) is 18.5 Å². The lowest BCUT2D eigenvalue weighted by Crippen LogP contribution is -2.46. The Morgan fingerprint density at radius 1 is 1.21 bits per heavy atom. The van der Waals surface area contributed by atoms with E-state index < -0.39 is 23.7 Å². The van der Waals surface area contributed by atoms with E-state index in [9.17, 15) is 14.4 Å². The van der Waals surface area contributed by atoms with Crippen LogP contribution in [0, 0.1) is 0 Å². The molecule has 1 aromatic carbocycles. The molecule has 1 fully saturated rings. The number of carbonyl (C=O) groups excluding carboxylic acids is 3. The van der Waals surface area contributed by atoms with Crippen LogP contribution in [0.15, 0.2) is 30.3 Å². The number of hydrogen-bond donors (Lipinski definition) is 1. The molecule has 1 aliphatic rings. The van der Waals surface area contributed by atoms with Crippen LogP contribution in [0.4, 0.5) is 4.79 Å². The van der Waals surface area contributed by atoms with Crippen molar-refractivity contribution >= 4 is 17.8 Å². The van der Waals surface area contributed by atoms with Gasteiger partial charge in [0.2, 0.25) is 0 Å². The van der Waals surface area contributed by atoms with Gasteiger partial charge in [-0.05, 0) is 58.6 Å². The summed E-state index contributed by atoms with van der Waals surface area (Å²) in [5.74, 6) is -0.738. The molecule has 1 N–H and O–H groups in total. The minimum Gasteiger partial charge on any atom is -0.456 e. The fourth-order valence-corrected chi connectivity index (χ4v) is 3.20. The van der Waals surface area contributed by atoms with E-state index in [1.54, 1.807) is 27.8 Å². The van der Waals surface area contributed by atoms with Crippen LogP contribution in [0.2, 0.25) is 0 Å². The van der Waals surface area contributed by atoms with Crippen LogP contribution in [-0.2, 0) is 25.5 Å². The first-order valence-corrected chi connectivity index (χ1v) is 10.1. The van der Waals surface area contributed by atoms with Crippen molar-refractivity contribution in [2.75, 3.05) is 20.2 Å². The van der Waals surface area contributed by atoms with Crippen molar-refractivity contribution in [1.29, 1.82) is 0 Å². The second kappa shape index (κ2) is 10.4. The Hall–Kier alpha value is -2.41. The summed E-state index contributed by atoms with van der Waals surface area (Å²) in [7, 11) is 1.54. The summed E-state index contributed by atoms with van der Waals surface area (Å²) in [6, 6.07) is 8.64. The first-order valence-electron chi connectivity index (χ1n) is 10.1. The minimum atomic E-state index is -0.741. The first-order chi connectivity index (χ1) is 13.7. The smallest absolute Gasteiger partial charge is 0.410 e. The summed E-state index contributed by atoms with van der Waals surface area (Å²) in [4.78, 5) is 38.7. The number of hydrogen-bond acceptors (Lipinski definition) is 6. The highest BCUT2D eigenvalue weighted by Gasteiger charge is 2.31. The molecule has 0 bridgehead atoms. The van der Waals surface area contributed by atoms with E-state index in [1.165, 1.54) is 4.90 Å². The van der Waals surface area contributed by atoms with E-state index >= 15 is 0 Å². The molecule has 7 heteroatoms. The van der Waals surface area contributed by atoms with E-state index in [-0.39, 0.29) is 18.4 Å². The Labute approximate surface area is 172 Å². The average Bonchev–Trinajstić information content (AvgIpc) is 3.20. The zero-order valence-electron chi connectivity index (χ0n) is 17.8. The van der Waals surface area contributed by atoms with Gasteiger partial charge < -0.3 is 19.7 Å². The predicted molar refractivity (Wildman–Crippen MR) is 110 cm³/mol. The molecule has 1 heterocycles. The molecule has 0 radical (unpaired) electrons. The van der Waals surface area contributed by atoms with Gasteiger partial charge in [0, 0.05) is 7.05 Å². The average molecular weight is 405 g/mol. The number of benzene rings is 1. The summed E-state index contributed by atoms with van der Waals surface area (Å²) >= 11 is 0. The fraction of sp³-hybridized carbons (Fsp3) is 0.591. The van der Waals surface area contributed by atoms with Crippen molar-refractivity contribution in [3.05, 3.63) is 35.9 Å². The number of esters is 1. The molecule has 29 heavy (non-hydrogen) atoms. The molecule has 160 valence electrons. The Balaban J connectivity index is 2.02. The van der Waals surface area contributed by atoms with Crippen LogP contribution < -0.4 is 5.32 Å². The third kappa shape index (κ3) is 7.49. The number of ketones is 1. The van der Waals surface area contributed by atoms with Gasteiger partial charge in [0.1, 0.15) is 11.6 Å². The second-order valence-corrected chi connectivity index (χ2v) is 8.35. The summed E-state index contributed by atoms with van der Waals surface area (Å²) in [6.07, 6.45) is 2.07. The summed E-state index contributed by atoms with van der Waals surface area (Å²) in [5, 5.41) is 3.05. The van der Waals surface area contributed by atoms with Gasteiger partial charge in [0.05, 0.1) is 6.04 Å². The van der Waals surface area contributed by atoms with Gasteiger partial charge in [-0.3, -0.25) is 9.59 Å². The van der Waals surface area contributed by atoms with Crippen LogP contribution in [-0.4, -0.2) is 60.6 Å². The molecule has 2 atom stereocenters. The lowest BCUT2D eigenvalue weighted by Gasteiger charge is -2.30. The van der Waals surface area contributed by atoms with Crippen LogP contribution in [0.3, 0.4) is 0 Å². The number of ether oxygens (including phenoxy) is 2. The molecule has 2 rings (SSSR count). The number of likely N-dealkylation sites (N-methyl/N-ethyl adjacent to an activating group) is 1. The Morgan fingerprint density at radius 2 is 1.90 bits per heavy atom. The molecular weight excluding hydrogens is 372 g/mol. The largest absolute Gasteiger partial charge is 0.456 e. The molecule has 0 saturated carbocycles. The third-order valence-corrected chi connectivity index (χ3v) is 4.77. The number of nitrogens with one attached hydrogen (secondary N) is 1. The molecule has 1 saturated heterocycles. The molecular formula is C22H32N2O5. The summed E-state index contributed by atoms with van der Waals surface area (Å²) in [6.45, 7) is 5.74. The Morgan fingerprint density at radius 3 is 2.48 bits per heavy atom. The molecule has 2 unspecified atom stereocenters. The van der Waals surface area contributed by atoms with E-state index in [0.29, 0.717) is 19.3 Å². The van der Waals surface area contributed by atoms with Gasteiger partial charge in [-0.15, -0.1) is 0 Å². The van der Waals surface area contributed by atoms with Crippen molar-refractivity contribution < 1.29 is 23.9 Å². The number of aryl methyl sites for hydroxylation is 1. The van der Waals surface area contributed by atoms with Crippen molar-refractivity contribution in [2.45, 2.75) is 64.1 Å². The fourth-order valence-electron chi connectivity index (χ4n) is 3.20. The topological polar surface area (TPSA) is 84.9 Å². The molecule has 0 aliphatic carbocycles. The first kappa shape index (κ1) is 22.9. The normalized spacial score (nSPS) is 17.4. The van der Waals surface area contributed by atoms with Crippen LogP contribution in [0.5, 0.6) is 0 Å². The molecule has 7 nitrogen and oxygen atoms in total. The van der Waals surface area contributed by atoms with E-state index in [4.69, 9.17) is 9.47 Å². The number of Topliss-reactive ketones (excluding diaryl/α,β-unsaturated/α-hetero) is 1. The van der Waals surface area contributed by atoms with Crippen molar-refractivity contribution in [1.82, 2.24) is 10.2 Å². The van der Waals surface area contributed by atoms with Gasteiger partial charge in [0.15, 0.2) is 12.4 Å². The number of nitrogens with zero attached hydrogens (tertiary/aromatic N) is 1. The Bertz CT molecular complexity index is 693. The highest BCUT2D eigenvalue weighted by molar-refractivity contribution is 5.90. The minimum absolute atomic E-state index is 0.319. The zero-order chi connectivity index (χ0) is 21.4. The van der Waals surface area contributed by atoms with Gasteiger partial charge in [-0.1, -0.05) is 30.3 Å². The Kier molecular flexibility index (Phi) is 8.20. The highest BCUT2D eigenvalue weighted by atomic mass is 16.6. The maximum absolute atomic E-state index is 12.8. The molecule has 1 aromatic rings. The molecule has 0 spiro atoms. The van der Waals surface area contributed by atoms with Gasteiger partial charge in [0.25, 0.3) is 0 Å². The highest BCUT2D eigenvalue weighted by Crippen LogP contribution is 2.16. The zero-order valence-corrected chi connectivity index (χ0v) is 17.8. The summed E-state index contributed by atoms with van der Waals surface area (Å²) < 4.78 is 10.6. The standard InChI is InChI=1S/C22H32N2O5/c1-22(2,3)29-21(27)24(4)18(13-12-16-9-6-5-7-10-16)19(25)15-28-20(26)17-11-8-14-23-17/h5-7,9-10,17-18,23H,8,11-15H2,1-4H3. The number of amides is 1. The van der Waals surface area contributed by atoms with Crippen LogP contribution >= 0.6 is 0 Å². The van der Waals surface area contributed by atoms with Crippen molar-refractivity contribution in [2.24, 2.45) is 0 Å². The van der Waals surface area contributed by atoms with Gasteiger partial charge >= 0.3 is 12.1 Å². The molecule has 1 aliphatic heterocycles. The van der Waals surface area contributed by atoms with Crippen molar-refractivity contribution in [3.63, 3.8) is 0 Å². The number of rotatable bonds is 8. The SMILES string of the molecule is CN(C(=O)OC(C)(C)C)C(CCc1ccccc1)C(=O)COC(=O)C1CCCN1. The maximum Gasteiger partial charge on any atom is 0.410 e. The quantitative estimate of drug-likeness (QED) is 0.671. The molecule has 0 aromatic heterocycles. The lowest BCUT2D eigenvalue weighted by atomic mass is 10.0. The lowest BCUT2D eigenvalue weighted by molar-refractivity contribution is -0.150. The van der Waals surface area contributed by atoms with Crippen molar-refractivity contribution in [3.8, 4) is 0 Å². The van der Waals surface area contributed by atoms with Crippen LogP contribution in [0.25, 0.3) is 0 Å². The van der Waals surface area contributed by atoms with Gasteiger partial charge in [-0.2, -0.15) is 0 Å². The third-order valence-electron chi connectivity index (χ3n) is 4.77. The van der Waals surface area contributed by atoms with Gasteiger partial charge in [-0.25, -0.2) is 4.79 Å². The number of carbonyl (C=O) groups is 3. The van der Waals surface area contributed by atoms with E-state index in [1.807, 2.05) is 30.3 Å².